The second kappa shape index (κ2) is 20.8. The van der Waals surface area contributed by atoms with E-state index in [-0.39, 0.29) is 5.97 Å². The third kappa shape index (κ3) is 19.8. The number of aldehydes is 1. The molecule has 0 saturated heterocycles. The van der Waals surface area contributed by atoms with E-state index >= 15 is 0 Å². The summed E-state index contributed by atoms with van der Waals surface area (Å²) >= 11 is 0. The second-order valence-electron chi connectivity index (χ2n) is 4.47. The molecule has 0 bridgehead atoms. The fourth-order valence-corrected chi connectivity index (χ4v) is 1.43. The molecule has 1 rings (SSSR count). The Morgan fingerprint density at radius 3 is 1.88 bits per heavy atom. The van der Waals surface area contributed by atoms with Crippen molar-refractivity contribution in [2.75, 3.05) is 7.11 Å². The highest BCUT2D eigenvalue weighted by Gasteiger charge is 2.00. The fraction of sp³-hybridized carbons (Fsp3) is 0.526. The zero-order valence-corrected chi connectivity index (χ0v) is 15.7. The van der Waals surface area contributed by atoms with Crippen LogP contribution in [0.4, 0.5) is 0 Å². The molecule has 1 aromatic carbocycles. The van der Waals surface area contributed by atoms with E-state index < -0.39 is 5.97 Å². The average molecular weight is 340 g/mol. The molecule has 5 nitrogen and oxygen atoms in total. The van der Waals surface area contributed by atoms with Crippen molar-refractivity contribution in [3.05, 3.63) is 35.9 Å². The molecule has 0 aliphatic rings. The van der Waals surface area contributed by atoms with Crippen molar-refractivity contribution < 1.29 is 24.2 Å². The molecular weight excluding hydrogens is 308 g/mol. The number of methoxy groups -OCH3 is 1. The zero-order valence-electron chi connectivity index (χ0n) is 15.7. The van der Waals surface area contributed by atoms with Gasteiger partial charge >= 0.3 is 5.97 Å². The molecule has 0 saturated carbocycles. The summed E-state index contributed by atoms with van der Waals surface area (Å²) in [6, 6.07) is 8.88. The van der Waals surface area contributed by atoms with Gasteiger partial charge in [-0.3, -0.25) is 4.79 Å². The third-order valence-electron chi connectivity index (χ3n) is 2.57. The van der Waals surface area contributed by atoms with Gasteiger partial charge in [-0.2, -0.15) is 0 Å². The summed E-state index contributed by atoms with van der Waals surface area (Å²) in [5.74, 6) is -0.805. The Kier molecular flexibility index (Phi) is 23.2. The van der Waals surface area contributed by atoms with Crippen LogP contribution < -0.4 is 0 Å². The molecule has 138 valence electrons. The molecule has 24 heavy (non-hydrogen) atoms. The Hall–Kier alpha value is -2.17. The van der Waals surface area contributed by atoms with E-state index in [0.29, 0.717) is 11.5 Å². The van der Waals surface area contributed by atoms with Gasteiger partial charge in [0.15, 0.2) is 0 Å². The summed E-state index contributed by atoms with van der Waals surface area (Å²) < 4.78 is 4.50. The Bertz CT molecular complexity index is 411. The van der Waals surface area contributed by atoms with Gasteiger partial charge in [0.1, 0.15) is 6.29 Å². The number of carboxylic acids is 1. The van der Waals surface area contributed by atoms with Crippen molar-refractivity contribution in [2.24, 2.45) is 5.92 Å². The maximum atomic E-state index is 10.8. The Morgan fingerprint density at radius 2 is 1.62 bits per heavy atom. The standard InChI is InChI=1S/C8H8O2.C7H14O.C2H4O2.C2H6/c1-10-8(9)7-5-3-2-4-6-7;1-3-5-7(4-2)6-8;1-2(3)4;1-2/h2-6H,1H3;6-7H,3-5H2,1-2H3;1H3,(H,3,4);1-2H3. The Balaban J connectivity index is -0.000000283. The summed E-state index contributed by atoms with van der Waals surface area (Å²) in [7, 11) is 1.37. The number of hydrogen-bond acceptors (Lipinski definition) is 4. The van der Waals surface area contributed by atoms with Crippen LogP contribution in [0.2, 0.25) is 0 Å². The lowest BCUT2D eigenvalue weighted by Gasteiger charge is -2.01. The van der Waals surface area contributed by atoms with Crippen LogP contribution in [0.3, 0.4) is 0 Å². The monoisotopic (exact) mass is 340 g/mol. The third-order valence-corrected chi connectivity index (χ3v) is 2.57. The van der Waals surface area contributed by atoms with E-state index in [9.17, 15) is 9.59 Å². The maximum Gasteiger partial charge on any atom is 0.337 e. The predicted octanol–water partition coefficient (Wildman–Crippen LogP) is 4.60. The summed E-state index contributed by atoms with van der Waals surface area (Å²) in [5.41, 5.74) is 0.588. The Labute approximate surface area is 146 Å². The number of hydrogen-bond donors (Lipinski definition) is 1. The van der Waals surface area contributed by atoms with Gasteiger partial charge in [-0.15, -0.1) is 0 Å². The SMILES string of the molecule is CC.CC(=O)O.CCCC(C=O)CC.COC(=O)c1ccccc1. The van der Waals surface area contributed by atoms with Crippen LogP contribution in [0.25, 0.3) is 0 Å². The van der Waals surface area contributed by atoms with Gasteiger partial charge < -0.3 is 14.6 Å². The molecule has 0 amide bonds. The van der Waals surface area contributed by atoms with Crippen LogP contribution in [0, 0.1) is 5.92 Å². The molecule has 0 radical (unpaired) electrons. The highest BCUT2D eigenvalue weighted by atomic mass is 16.5. The summed E-state index contributed by atoms with van der Waals surface area (Å²) in [4.78, 5) is 29.9. The molecule has 0 aliphatic carbocycles. The van der Waals surface area contributed by atoms with E-state index in [1.807, 2.05) is 19.9 Å². The number of aliphatic carboxylic acids is 1. The number of carbonyl (C=O) groups is 3. The Morgan fingerprint density at radius 1 is 1.17 bits per heavy atom. The molecule has 1 unspecified atom stereocenters. The fourth-order valence-electron chi connectivity index (χ4n) is 1.43. The first-order chi connectivity index (χ1) is 11.4. The van der Waals surface area contributed by atoms with Crippen LogP contribution in [0.15, 0.2) is 30.3 Å². The van der Waals surface area contributed by atoms with Crippen LogP contribution in [0.5, 0.6) is 0 Å². The predicted molar refractivity (Wildman–Crippen MR) is 97.2 cm³/mol. The van der Waals surface area contributed by atoms with Crippen molar-refractivity contribution in [2.45, 2.75) is 53.9 Å². The van der Waals surface area contributed by atoms with Gasteiger partial charge in [0.25, 0.3) is 5.97 Å². The maximum absolute atomic E-state index is 10.8. The summed E-state index contributed by atoms with van der Waals surface area (Å²) in [5, 5.41) is 7.42. The molecule has 0 fully saturated rings. The smallest absolute Gasteiger partial charge is 0.337 e. The van der Waals surface area contributed by atoms with E-state index in [1.54, 1.807) is 24.3 Å². The van der Waals surface area contributed by atoms with Crippen molar-refractivity contribution in [3.8, 4) is 0 Å². The van der Waals surface area contributed by atoms with Gasteiger partial charge in [0.05, 0.1) is 12.7 Å². The molecule has 0 spiro atoms. The van der Waals surface area contributed by atoms with E-state index in [0.717, 1.165) is 32.5 Å². The molecule has 1 atom stereocenters. The quantitative estimate of drug-likeness (QED) is 0.625. The van der Waals surface area contributed by atoms with E-state index in [4.69, 9.17) is 9.90 Å². The molecule has 5 heteroatoms. The number of carboxylic acid groups (broad SMARTS) is 1. The largest absolute Gasteiger partial charge is 0.481 e. The van der Waals surface area contributed by atoms with E-state index in [2.05, 4.69) is 18.6 Å². The van der Waals surface area contributed by atoms with Crippen molar-refractivity contribution >= 4 is 18.2 Å². The lowest BCUT2D eigenvalue weighted by molar-refractivity contribution is -0.134. The minimum absolute atomic E-state index is 0.291. The highest BCUT2D eigenvalue weighted by molar-refractivity contribution is 5.89. The molecular formula is C19H32O5. The lowest BCUT2D eigenvalue weighted by Crippen LogP contribution is -1.99. The van der Waals surface area contributed by atoms with Crippen molar-refractivity contribution in [3.63, 3.8) is 0 Å². The topological polar surface area (TPSA) is 80.7 Å². The van der Waals surface area contributed by atoms with Crippen molar-refractivity contribution in [1.29, 1.82) is 0 Å². The second-order valence-corrected chi connectivity index (χ2v) is 4.47. The first kappa shape index (κ1) is 26.7. The molecule has 0 aliphatic heterocycles. The zero-order chi connectivity index (χ0) is 19.4. The number of ether oxygens (including phenoxy) is 1. The van der Waals surface area contributed by atoms with Crippen LogP contribution >= 0.6 is 0 Å². The molecule has 1 aromatic rings. The lowest BCUT2D eigenvalue weighted by atomic mass is 10.0. The number of benzene rings is 1. The van der Waals surface area contributed by atoms with Gasteiger partial charge in [-0.25, -0.2) is 4.79 Å². The van der Waals surface area contributed by atoms with Gasteiger partial charge in [-0.05, 0) is 25.0 Å². The molecule has 1 N–H and O–H groups in total. The summed E-state index contributed by atoms with van der Waals surface area (Å²) in [6.45, 7) is 9.24. The summed E-state index contributed by atoms with van der Waals surface area (Å²) in [6.07, 6.45) is 4.23. The van der Waals surface area contributed by atoms with Gasteiger partial charge in [0, 0.05) is 12.8 Å². The first-order valence-corrected chi connectivity index (χ1v) is 8.20. The van der Waals surface area contributed by atoms with Crippen LogP contribution in [-0.4, -0.2) is 30.4 Å². The van der Waals surface area contributed by atoms with Gasteiger partial charge in [-0.1, -0.05) is 52.3 Å². The minimum Gasteiger partial charge on any atom is -0.481 e. The number of esters is 1. The first-order valence-electron chi connectivity index (χ1n) is 8.20. The number of carbonyl (C=O) groups excluding carboxylic acids is 2. The number of rotatable bonds is 5. The normalized spacial score (nSPS) is 9.42. The van der Waals surface area contributed by atoms with Crippen molar-refractivity contribution in [1.82, 2.24) is 0 Å². The van der Waals surface area contributed by atoms with Gasteiger partial charge in [0.2, 0.25) is 0 Å². The molecule has 0 heterocycles. The average Bonchev–Trinajstić information content (AvgIpc) is 2.61. The molecule has 0 aromatic heterocycles. The minimum atomic E-state index is -0.833. The highest BCUT2D eigenvalue weighted by Crippen LogP contribution is 2.05. The van der Waals surface area contributed by atoms with E-state index in [1.165, 1.54) is 7.11 Å². The van der Waals surface area contributed by atoms with Crippen LogP contribution in [-0.2, 0) is 14.3 Å². The van der Waals surface area contributed by atoms with Crippen LogP contribution in [0.1, 0.15) is 64.2 Å².